The lowest BCUT2D eigenvalue weighted by molar-refractivity contribution is -0.126. The van der Waals surface area contributed by atoms with Crippen molar-refractivity contribution in [3.05, 3.63) is 59.1 Å². The number of nitrogens with zero attached hydrogens (tertiary/aromatic N) is 2. The van der Waals surface area contributed by atoms with Crippen molar-refractivity contribution in [1.29, 1.82) is 0 Å². The van der Waals surface area contributed by atoms with Crippen molar-refractivity contribution >= 4 is 11.9 Å². The van der Waals surface area contributed by atoms with E-state index < -0.39 is 6.04 Å². The number of carbonyl (C=O) groups is 2. The summed E-state index contributed by atoms with van der Waals surface area (Å²) in [7, 11) is 4.55. The minimum atomic E-state index is -0.645. The zero-order valence-electron chi connectivity index (χ0n) is 16.9. The number of urea groups is 1. The maximum Gasteiger partial charge on any atom is 0.319 e. The van der Waals surface area contributed by atoms with E-state index in [1.165, 1.54) is 21.3 Å². The van der Waals surface area contributed by atoms with E-state index in [4.69, 9.17) is 14.2 Å². The number of nitrogens with one attached hydrogen (secondary N) is 2. The highest BCUT2D eigenvalue weighted by molar-refractivity contribution is 6.01. The number of rotatable bonds is 6. The zero-order chi connectivity index (χ0) is 21.3. The topological polar surface area (TPSA) is 102 Å². The van der Waals surface area contributed by atoms with Crippen LogP contribution in [0.5, 0.6) is 17.2 Å². The lowest BCUT2D eigenvalue weighted by atomic mass is 9.95. The molecular formula is C21H22N4O5. The van der Waals surface area contributed by atoms with Gasteiger partial charge >= 0.3 is 6.03 Å². The highest BCUT2D eigenvalue weighted by Gasteiger charge is 2.40. The summed E-state index contributed by atoms with van der Waals surface area (Å²) < 4.78 is 16.2. The first-order chi connectivity index (χ1) is 14.5. The summed E-state index contributed by atoms with van der Waals surface area (Å²) in [6.45, 7) is 0.717. The van der Waals surface area contributed by atoms with Gasteiger partial charge in [0.05, 0.1) is 45.2 Å². The smallest absolute Gasteiger partial charge is 0.319 e. The fraction of sp³-hybridized carbons (Fsp3) is 0.286. The van der Waals surface area contributed by atoms with Crippen LogP contribution in [0.25, 0.3) is 0 Å². The Morgan fingerprint density at radius 1 is 1.13 bits per heavy atom. The molecule has 0 bridgehead atoms. The average Bonchev–Trinajstić information content (AvgIpc) is 3.07. The Hall–Kier alpha value is -3.75. The third-order valence-electron chi connectivity index (χ3n) is 5.14. The molecule has 9 nitrogen and oxygen atoms in total. The third-order valence-corrected chi connectivity index (χ3v) is 5.14. The Bertz CT molecular complexity index is 996. The summed E-state index contributed by atoms with van der Waals surface area (Å²) in [5, 5.41) is 5.61. The van der Waals surface area contributed by atoms with Gasteiger partial charge in [0, 0.05) is 18.9 Å². The molecule has 0 saturated carbocycles. The van der Waals surface area contributed by atoms with Gasteiger partial charge in [-0.3, -0.25) is 9.78 Å². The van der Waals surface area contributed by atoms with Crippen LogP contribution >= 0.6 is 0 Å². The SMILES string of the molecule is COc1cc(C2NC(=O)NC3=C2C(=O)N(Cc2cccnc2)C3)cc(OC)c1OC. The van der Waals surface area contributed by atoms with Gasteiger partial charge in [0.15, 0.2) is 11.5 Å². The summed E-state index contributed by atoms with van der Waals surface area (Å²) in [5.74, 6) is 1.17. The van der Waals surface area contributed by atoms with E-state index in [-0.39, 0.29) is 11.9 Å². The molecule has 0 fully saturated rings. The number of aromatic nitrogens is 1. The molecule has 0 saturated heterocycles. The first kappa shape index (κ1) is 19.6. The Labute approximate surface area is 173 Å². The lowest BCUT2D eigenvalue weighted by Crippen LogP contribution is -2.44. The number of pyridine rings is 1. The van der Waals surface area contributed by atoms with Crippen LogP contribution in [0, 0.1) is 0 Å². The second-order valence-electron chi connectivity index (χ2n) is 6.90. The molecule has 0 aliphatic carbocycles. The van der Waals surface area contributed by atoms with Crippen molar-refractivity contribution in [1.82, 2.24) is 20.5 Å². The first-order valence-corrected chi connectivity index (χ1v) is 9.34. The molecule has 4 rings (SSSR count). The van der Waals surface area contributed by atoms with Crippen molar-refractivity contribution in [3.8, 4) is 17.2 Å². The number of hydrogen-bond donors (Lipinski definition) is 2. The number of hydrogen-bond acceptors (Lipinski definition) is 6. The molecular weight excluding hydrogens is 388 g/mol. The molecule has 1 atom stereocenters. The molecule has 30 heavy (non-hydrogen) atoms. The number of methoxy groups -OCH3 is 3. The predicted octanol–water partition coefficient (Wildman–Crippen LogP) is 1.76. The minimum absolute atomic E-state index is 0.153. The molecule has 156 valence electrons. The van der Waals surface area contributed by atoms with Crippen LogP contribution in [0.3, 0.4) is 0 Å². The zero-order valence-corrected chi connectivity index (χ0v) is 16.9. The fourth-order valence-corrected chi connectivity index (χ4v) is 3.79. The maximum absolute atomic E-state index is 13.2. The molecule has 0 spiro atoms. The third kappa shape index (κ3) is 3.38. The molecule has 1 aromatic carbocycles. The van der Waals surface area contributed by atoms with Crippen LogP contribution in [0.15, 0.2) is 47.9 Å². The number of ether oxygens (including phenoxy) is 3. The molecule has 3 amide bonds. The summed E-state index contributed by atoms with van der Waals surface area (Å²) in [6, 6.07) is 6.19. The largest absolute Gasteiger partial charge is 0.493 e. The van der Waals surface area contributed by atoms with Crippen molar-refractivity contribution in [3.63, 3.8) is 0 Å². The Morgan fingerprint density at radius 3 is 2.47 bits per heavy atom. The molecule has 3 heterocycles. The summed E-state index contributed by atoms with van der Waals surface area (Å²) in [6.07, 6.45) is 3.40. The van der Waals surface area contributed by atoms with Crippen molar-refractivity contribution in [2.75, 3.05) is 27.9 Å². The second kappa shape index (κ2) is 7.94. The van der Waals surface area contributed by atoms with Crippen molar-refractivity contribution < 1.29 is 23.8 Å². The van der Waals surface area contributed by atoms with Crippen LogP contribution in [0.1, 0.15) is 17.2 Å². The average molecular weight is 410 g/mol. The van der Waals surface area contributed by atoms with Gasteiger partial charge in [0.2, 0.25) is 5.75 Å². The first-order valence-electron chi connectivity index (χ1n) is 9.34. The van der Waals surface area contributed by atoms with E-state index in [1.807, 2.05) is 12.1 Å². The van der Waals surface area contributed by atoms with E-state index in [0.29, 0.717) is 47.2 Å². The van der Waals surface area contributed by atoms with Crippen LogP contribution in [-0.4, -0.2) is 49.7 Å². The van der Waals surface area contributed by atoms with E-state index in [2.05, 4.69) is 15.6 Å². The Balaban J connectivity index is 1.70. The fourth-order valence-electron chi connectivity index (χ4n) is 3.79. The van der Waals surface area contributed by atoms with Gasteiger partial charge < -0.3 is 29.7 Å². The number of benzene rings is 1. The monoisotopic (exact) mass is 410 g/mol. The number of carbonyl (C=O) groups excluding carboxylic acids is 2. The van der Waals surface area contributed by atoms with E-state index in [1.54, 1.807) is 29.4 Å². The molecule has 1 aromatic heterocycles. The van der Waals surface area contributed by atoms with Gasteiger partial charge in [0.25, 0.3) is 5.91 Å². The van der Waals surface area contributed by atoms with Crippen LogP contribution < -0.4 is 24.8 Å². The Kier molecular flexibility index (Phi) is 5.18. The quantitative estimate of drug-likeness (QED) is 0.753. The second-order valence-corrected chi connectivity index (χ2v) is 6.90. The van der Waals surface area contributed by atoms with Crippen LogP contribution in [0.2, 0.25) is 0 Å². The van der Waals surface area contributed by atoms with Crippen molar-refractivity contribution in [2.45, 2.75) is 12.6 Å². The van der Waals surface area contributed by atoms with Gasteiger partial charge in [-0.05, 0) is 29.3 Å². The van der Waals surface area contributed by atoms with Gasteiger partial charge in [-0.25, -0.2) is 4.79 Å². The van der Waals surface area contributed by atoms with Gasteiger partial charge in [-0.15, -0.1) is 0 Å². The molecule has 2 N–H and O–H groups in total. The molecule has 2 aliphatic heterocycles. The van der Waals surface area contributed by atoms with Gasteiger partial charge in [-0.2, -0.15) is 0 Å². The van der Waals surface area contributed by atoms with Crippen LogP contribution in [0.4, 0.5) is 4.79 Å². The minimum Gasteiger partial charge on any atom is -0.493 e. The molecule has 0 radical (unpaired) electrons. The van der Waals surface area contributed by atoms with E-state index >= 15 is 0 Å². The predicted molar refractivity (Wildman–Crippen MR) is 107 cm³/mol. The molecule has 2 aromatic rings. The van der Waals surface area contributed by atoms with Gasteiger partial charge in [0.1, 0.15) is 0 Å². The summed E-state index contributed by atoms with van der Waals surface area (Å²) in [5.41, 5.74) is 2.65. The van der Waals surface area contributed by atoms with E-state index in [9.17, 15) is 9.59 Å². The van der Waals surface area contributed by atoms with Crippen LogP contribution in [-0.2, 0) is 11.3 Å². The standard InChI is InChI=1S/C21H22N4O5/c1-28-15-7-13(8-16(29-2)19(15)30-3)18-17-14(23-21(27)24-18)11-25(20(17)26)10-12-5-4-6-22-9-12/h4-9,18H,10-11H2,1-3H3,(H2,23,24,27). The molecule has 9 heteroatoms. The molecule has 2 aliphatic rings. The maximum atomic E-state index is 13.2. The molecule has 1 unspecified atom stereocenters. The Morgan fingerprint density at radius 2 is 1.87 bits per heavy atom. The summed E-state index contributed by atoms with van der Waals surface area (Å²) in [4.78, 5) is 31.3. The van der Waals surface area contributed by atoms with Gasteiger partial charge in [-0.1, -0.05) is 6.07 Å². The summed E-state index contributed by atoms with van der Waals surface area (Å²) >= 11 is 0. The number of amides is 3. The van der Waals surface area contributed by atoms with E-state index in [0.717, 1.165) is 5.56 Å². The highest BCUT2D eigenvalue weighted by atomic mass is 16.5. The highest BCUT2D eigenvalue weighted by Crippen LogP contribution is 2.42. The van der Waals surface area contributed by atoms with Crippen molar-refractivity contribution in [2.24, 2.45) is 0 Å². The normalized spacial score (nSPS) is 18.0. The lowest BCUT2D eigenvalue weighted by Gasteiger charge is -2.26.